The molecule has 0 fully saturated rings. The van der Waals surface area contributed by atoms with Crippen molar-refractivity contribution in [2.75, 3.05) is 14.2 Å². The van der Waals surface area contributed by atoms with E-state index in [4.69, 9.17) is 14.6 Å². The summed E-state index contributed by atoms with van der Waals surface area (Å²) >= 11 is 3.26. The number of aromatic hydroxyl groups is 1. The van der Waals surface area contributed by atoms with Gasteiger partial charge in [0.1, 0.15) is 0 Å². The molecule has 2 N–H and O–H groups in total. The molecule has 0 spiro atoms. The fourth-order valence-electron chi connectivity index (χ4n) is 1.45. The lowest BCUT2D eigenvalue weighted by Crippen LogP contribution is -2.00. The van der Waals surface area contributed by atoms with E-state index in [1.54, 1.807) is 6.07 Å². The van der Waals surface area contributed by atoms with E-state index in [2.05, 4.69) is 15.9 Å². The molecule has 0 aliphatic heterocycles. The third-order valence-electron chi connectivity index (χ3n) is 2.28. The van der Waals surface area contributed by atoms with Crippen molar-refractivity contribution in [3.63, 3.8) is 0 Å². The SMILES string of the molecule is COc1cc(Br)c(CCC(=O)O)c(O)c1OC. The Hall–Kier alpha value is -1.43. The van der Waals surface area contributed by atoms with Gasteiger partial charge in [-0.25, -0.2) is 0 Å². The number of carboxylic acid groups (broad SMARTS) is 1. The Bertz CT molecular complexity index is 430. The lowest BCUT2D eigenvalue weighted by Gasteiger charge is -2.14. The van der Waals surface area contributed by atoms with Crippen LogP contribution in [0.2, 0.25) is 0 Å². The molecule has 0 heterocycles. The van der Waals surface area contributed by atoms with Crippen LogP contribution in [0.25, 0.3) is 0 Å². The molecule has 0 aromatic heterocycles. The molecule has 0 radical (unpaired) electrons. The molecule has 94 valence electrons. The van der Waals surface area contributed by atoms with E-state index < -0.39 is 5.97 Å². The molecule has 0 aliphatic rings. The molecule has 0 atom stereocenters. The number of phenolic OH excluding ortho intramolecular Hbond substituents is 1. The topological polar surface area (TPSA) is 76.0 Å². The molecule has 0 aliphatic carbocycles. The Kier molecular flexibility index (Phi) is 4.62. The van der Waals surface area contributed by atoms with Crippen LogP contribution in [-0.2, 0) is 11.2 Å². The van der Waals surface area contributed by atoms with Crippen LogP contribution in [0.15, 0.2) is 10.5 Å². The quantitative estimate of drug-likeness (QED) is 0.872. The highest BCUT2D eigenvalue weighted by Gasteiger charge is 2.18. The smallest absolute Gasteiger partial charge is 0.303 e. The van der Waals surface area contributed by atoms with E-state index in [-0.39, 0.29) is 24.3 Å². The molecule has 1 rings (SSSR count). The first-order chi connectivity index (χ1) is 8.01. The highest BCUT2D eigenvalue weighted by molar-refractivity contribution is 9.10. The van der Waals surface area contributed by atoms with Crippen molar-refractivity contribution in [2.45, 2.75) is 12.8 Å². The summed E-state index contributed by atoms with van der Waals surface area (Å²) in [5, 5.41) is 18.6. The van der Waals surface area contributed by atoms with Crippen molar-refractivity contribution in [3.05, 3.63) is 16.1 Å². The van der Waals surface area contributed by atoms with E-state index >= 15 is 0 Å². The standard InChI is InChI=1S/C11H13BrO5/c1-16-8-5-7(12)6(3-4-9(13)14)10(15)11(8)17-2/h5,15H,3-4H2,1-2H3,(H,13,14). The summed E-state index contributed by atoms with van der Waals surface area (Å²) in [6, 6.07) is 1.63. The van der Waals surface area contributed by atoms with Crippen molar-refractivity contribution in [1.82, 2.24) is 0 Å². The van der Waals surface area contributed by atoms with E-state index in [9.17, 15) is 9.90 Å². The molecule has 6 heteroatoms. The summed E-state index contributed by atoms with van der Waals surface area (Å²) in [5.41, 5.74) is 0.491. The molecule has 1 aromatic carbocycles. The van der Waals surface area contributed by atoms with Gasteiger partial charge in [0, 0.05) is 16.5 Å². The van der Waals surface area contributed by atoms with Gasteiger partial charge >= 0.3 is 5.97 Å². The van der Waals surface area contributed by atoms with Crippen LogP contribution in [0.4, 0.5) is 0 Å². The van der Waals surface area contributed by atoms with E-state index in [1.807, 2.05) is 0 Å². The zero-order valence-corrected chi connectivity index (χ0v) is 11.1. The third-order valence-corrected chi connectivity index (χ3v) is 2.99. The zero-order chi connectivity index (χ0) is 13.0. The van der Waals surface area contributed by atoms with Gasteiger partial charge in [-0.2, -0.15) is 0 Å². The molecule has 0 bridgehead atoms. The number of methoxy groups -OCH3 is 2. The summed E-state index contributed by atoms with van der Waals surface area (Å²) < 4.78 is 10.7. The number of benzene rings is 1. The Balaban J connectivity index is 3.17. The van der Waals surface area contributed by atoms with Crippen LogP contribution in [0, 0.1) is 0 Å². The second-order valence-corrected chi connectivity index (χ2v) is 4.17. The Morgan fingerprint density at radius 2 is 2.06 bits per heavy atom. The normalized spacial score (nSPS) is 10.1. The van der Waals surface area contributed by atoms with Crippen molar-refractivity contribution >= 4 is 21.9 Å². The van der Waals surface area contributed by atoms with Gasteiger partial charge < -0.3 is 19.7 Å². The van der Waals surface area contributed by atoms with Crippen LogP contribution in [0.3, 0.4) is 0 Å². The monoisotopic (exact) mass is 304 g/mol. The van der Waals surface area contributed by atoms with Crippen LogP contribution in [0.5, 0.6) is 17.2 Å². The predicted molar refractivity (Wildman–Crippen MR) is 64.9 cm³/mol. The van der Waals surface area contributed by atoms with Gasteiger partial charge in [0.15, 0.2) is 11.5 Å². The third kappa shape index (κ3) is 3.03. The van der Waals surface area contributed by atoms with Crippen molar-refractivity contribution in [3.8, 4) is 17.2 Å². The van der Waals surface area contributed by atoms with Gasteiger partial charge in [-0.1, -0.05) is 15.9 Å². The second kappa shape index (κ2) is 5.77. The molecule has 0 amide bonds. The van der Waals surface area contributed by atoms with Crippen molar-refractivity contribution in [1.29, 1.82) is 0 Å². The minimum Gasteiger partial charge on any atom is -0.504 e. The summed E-state index contributed by atoms with van der Waals surface area (Å²) in [4.78, 5) is 10.5. The van der Waals surface area contributed by atoms with Gasteiger partial charge in [-0.15, -0.1) is 0 Å². The van der Waals surface area contributed by atoms with E-state index in [1.165, 1.54) is 14.2 Å². The maximum Gasteiger partial charge on any atom is 0.303 e. The molecular weight excluding hydrogens is 292 g/mol. The minimum absolute atomic E-state index is 0.0678. The average molecular weight is 305 g/mol. The number of phenols is 1. The van der Waals surface area contributed by atoms with Gasteiger partial charge in [0.05, 0.1) is 14.2 Å². The average Bonchev–Trinajstić information content (AvgIpc) is 2.27. The maximum absolute atomic E-state index is 10.5. The van der Waals surface area contributed by atoms with E-state index in [0.29, 0.717) is 15.8 Å². The van der Waals surface area contributed by atoms with Gasteiger partial charge in [0.2, 0.25) is 5.75 Å². The summed E-state index contributed by atoms with van der Waals surface area (Å²) in [6.45, 7) is 0. The maximum atomic E-state index is 10.5. The summed E-state index contributed by atoms with van der Waals surface area (Å²) in [5.74, 6) is -0.432. The Morgan fingerprint density at radius 1 is 1.41 bits per heavy atom. The second-order valence-electron chi connectivity index (χ2n) is 3.31. The van der Waals surface area contributed by atoms with Gasteiger partial charge in [-0.05, 0) is 12.5 Å². The van der Waals surface area contributed by atoms with Crippen LogP contribution in [0.1, 0.15) is 12.0 Å². The first kappa shape index (κ1) is 13.6. The number of rotatable bonds is 5. The van der Waals surface area contributed by atoms with Crippen LogP contribution < -0.4 is 9.47 Å². The van der Waals surface area contributed by atoms with Gasteiger partial charge in [0.25, 0.3) is 0 Å². The predicted octanol–water partition coefficient (Wildman–Crippen LogP) is 2.19. The Morgan fingerprint density at radius 3 is 2.53 bits per heavy atom. The molecule has 1 aromatic rings. The molecule has 5 nitrogen and oxygen atoms in total. The molecule has 0 unspecified atom stereocenters. The Labute approximate surface area is 107 Å². The highest BCUT2D eigenvalue weighted by Crippen LogP contribution is 2.43. The van der Waals surface area contributed by atoms with Crippen molar-refractivity contribution in [2.24, 2.45) is 0 Å². The number of carboxylic acids is 1. The lowest BCUT2D eigenvalue weighted by atomic mass is 10.1. The number of aliphatic carboxylic acids is 1. The molecule has 17 heavy (non-hydrogen) atoms. The zero-order valence-electron chi connectivity index (χ0n) is 9.49. The highest BCUT2D eigenvalue weighted by atomic mass is 79.9. The van der Waals surface area contributed by atoms with Crippen LogP contribution >= 0.6 is 15.9 Å². The molecule has 0 saturated heterocycles. The summed E-state index contributed by atoms with van der Waals surface area (Å²) in [6.07, 6.45) is 0.143. The first-order valence-corrected chi connectivity index (χ1v) is 5.64. The van der Waals surface area contributed by atoms with Gasteiger partial charge in [-0.3, -0.25) is 4.79 Å². The minimum atomic E-state index is -0.925. The largest absolute Gasteiger partial charge is 0.504 e. The van der Waals surface area contributed by atoms with Crippen molar-refractivity contribution < 1.29 is 24.5 Å². The number of carbonyl (C=O) groups is 1. The fourth-order valence-corrected chi connectivity index (χ4v) is 2.05. The fraction of sp³-hybridized carbons (Fsp3) is 0.364. The number of hydrogen-bond donors (Lipinski definition) is 2. The lowest BCUT2D eigenvalue weighted by molar-refractivity contribution is -0.136. The number of hydrogen-bond acceptors (Lipinski definition) is 4. The number of halogens is 1. The summed E-state index contributed by atoms with van der Waals surface area (Å²) in [7, 11) is 2.87. The molecular formula is C11H13BrO5. The first-order valence-electron chi connectivity index (χ1n) is 4.85. The molecule has 0 saturated carbocycles. The van der Waals surface area contributed by atoms with E-state index in [0.717, 1.165) is 0 Å². The number of ether oxygens (including phenoxy) is 2. The van der Waals surface area contributed by atoms with Crippen LogP contribution in [-0.4, -0.2) is 30.4 Å².